The molecule has 1 fully saturated rings. The Hall–Kier alpha value is -0.870. The normalized spacial score (nSPS) is 20.8. The minimum absolute atomic E-state index is 0.409. The maximum Gasteiger partial charge on any atom is 0.142 e. The summed E-state index contributed by atoms with van der Waals surface area (Å²) in [6.45, 7) is 7.79. The van der Waals surface area contributed by atoms with E-state index in [-0.39, 0.29) is 0 Å². The molecule has 0 aliphatic carbocycles. The van der Waals surface area contributed by atoms with Crippen molar-refractivity contribution in [3.63, 3.8) is 0 Å². The molecule has 4 nitrogen and oxygen atoms in total. The monoisotopic (exact) mass is 224 g/mol. The van der Waals surface area contributed by atoms with E-state index in [9.17, 15) is 0 Å². The van der Waals surface area contributed by atoms with Gasteiger partial charge in [0.25, 0.3) is 0 Å². The molecule has 1 unspecified atom stereocenters. The maximum atomic E-state index is 5.34. The summed E-state index contributed by atoms with van der Waals surface area (Å²) < 4.78 is 10.7. The van der Waals surface area contributed by atoms with Gasteiger partial charge in [-0.15, -0.1) is 0 Å². The van der Waals surface area contributed by atoms with Crippen LogP contribution >= 0.6 is 0 Å². The van der Waals surface area contributed by atoms with E-state index >= 15 is 0 Å². The molecule has 1 aromatic heterocycles. The Kier molecular flexibility index (Phi) is 3.96. The van der Waals surface area contributed by atoms with Gasteiger partial charge in [0.2, 0.25) is 0 Å². The molecule has 16 heavy (non-hydrogen) atoms. The van der Waals surface area contributed by atoms with Crippen LogP contribution in [0.15, 0.2) is 10.6 Å². The predicted molar refractivity (Wildman–Crippen MR) is 61.2 cm³/mol. The molecule has 1 atom stereocenters. The Labute approximate surface area is 96.3 Å². The lowest BCUT2D eigenvalue weighted by atomic mass is 10.1. The third-order valence-electron chi connectivity index (χ3n) is 2.77. The topological polar surface area (TPSA) is 47.3 Å². The fourth-order valence-electron chi connectivity index (χ4n) is 1.85. The highest BCUT2D eigenvalue weighted by Crippen LogP contribution is 2.25. The van der Waals surface area contributed by atoms with Crippen molar-refractivity contribution in [1.29, 1.82) is 0 Å². The number of ether oxygens (including phenoxy) is 1. The van der Waals surface area contributed by atoms with Crippen LogP contribution in [0.1, 0.15) is 37.6 Å². The smallest absolute Gasteiger partial charge is 0.142 e. The molecular formula is C12H20N2O2. The van der Waals surface area contributed by atoms with E-state index in [1.165, 1.54) is 0 Å². The van der Waals surface area contributed by atoms with Gasteiger partial charge in [-0.2, -0.15) is 0 Å². The van der Waals surface area contributed by atoms with E-state index in [1.54, 1.807) is 0 Å². The van der Waals surface area contributed by atoms with Crippen molar-refractivity contribution in [2.75, 3.05) is 19.8 Å². The van der Waals surface area contributed by atoms with E-state index in [2.05, 4.69) is 24.3 Å². The molecule has 0 radical (unpaired) electrons. The molecule has 2 rings (SSSR count). The molecule has 0 spiro atoms. The van der Waals surface area contributed by atoms with Gasteiger partial charge < -0.3 is 14.6 Å². The Balaban J connectivity index is 1.82. The zero-order valence-corrected chi connectivity index (χ0v) is 10.0. The molecule has 0 bridgehead atoms. The van der Waals surface area contributed by atoms with Gasteiger partial charge in [0.05, 0.1) is 12.3 Å². The van der Waals surface area contributed by atoms with Crippen molar-refractivity contribution in [2.45, 2.75) is 32.7 Å². The van der Waals surface area contributed by atoms with Gasteiger partial charge in [0, 0.05) is 25.1 Å². The molecule has 1 saturated heterocycles. The van der Waals surface area contributed by atoms with Gasteiger partial charge in [-0.1, -0.05) is 19.0 Å². The first-order valence-corrected chi connectivity index (χ1v) is 5.99. The molecule has 1 aliphatic heterocycles. The number of aromatic nitrogens is 1. The van der Waals surface area contributed by atoms with E-state index in [0.717, 1.165) is 44.2 Å². The molecule has 1 N–H and O–H groups in total. The highest BCUT2D eigenvalue weighted by molar-refractivity contribution is 5.10. The van der Waals surface area contributed by atoms with Gasteiger partial charge in [-0.3, -0.25) is 0 Å². The molecule has 4 heteroatoms. The Morgan fingerprint density at radius 1 is 1.56 bits per heavy atom. The number of hydrogen-bond donors (Lipinski definition) is 1. The van der Waals surface area contributed by atoms with Gasteiger partial charge >= 0.3 is 0 Å². The molecule has 2 heterocycles. The lowest BCUT2D eigenvalue weighted by molar-refractivity contribution is 0.190. The second kappa shape index (κ2) is 5.46. The number of hydrogen-bond acceptors (Lipinski definition) is 4. The van der Waals surface area contributed by atoms with Crippen LogP contribution in [0, 0.1) is 5.92 Å². The van der Waals surface area contributed by atoms with Crippen molar-refractivity contribution in [3.8, 4) is 0 Å². The van der Waals surface area contributed by atoms with Crippen LogP contribution < -0.4 is 5.32 Å². The van der Waals surface area contributed by atoms with Crippen molar-refractivity contribution in [2.24, 2.45) is 5.92 Å². The zero-order valence-electron chi connectivity index (χ0n) is 10.0. The summed E-state index contributed by atoms with van der Waals surface area (Å²) in [4.78, 5) is 0. The molecule has 90 valence electrons. The average Bonchev–Trinajstić information content (AvgIpc) is 2.85. The number of nitrogens with zero attached hydrogens (tertiary/aromatic N) is 1. The second-order valence-electron chi connectivity index (χ2n) is 4.81. The van der Waals surface area contributed by atoms with E-state index in [1.807, 2.05) is 6.07 Å². The molecule has 1 aromatic rings. The summed E-state index contributed by atoms with van der Waals surface area (Å²) in [7, 11) is 0. The lowest BCUT2D eigenvalue weighted by Crippen LogP contribution is -2.19. The first-order chi connectivity index (χ1) is 7.75. The van der Waals surface area contributed by atoms with E-state index in [0.29, 0.717) is 11.8 Å². The van der Waals surface area contributed by atoms with Crippen molar-refractivity contribution in [1.82, 2.24) is 10.5 Å². The van der Waals surface area contributed by atoms with Gasteiger partial charge in [-0.25, -0.2) is 0 Å². The summed E-state index contributed by atoms with van der Waals surface area (Å²) in [6, 6.07) is 2.05. The minimum atomic E-state index is 0.409. The lowest BCUT2D eigenvalue weighted by Gasteiger charge is -2.04. The van der Waals surface area contributed by atoms with Crippen LogP contribution in [-0.4, -0.2) is 24.9 Å². The molecular weight excluding hydrogens is 204 g/mol. The quantitative estimate of drug-likeness (QED) is 0.830. The van der Waals surface area contributed by atoms with Crippen molar-refractivity contribution < 1.29 is 9.26 Å². The van der Waals surface area contributed by atoms with Crippen LogP contribution in [0.2, 0.25) is 0 Å². The van der Waals surface area contributed by atoms with Crippen LogP contribution in [0.4, 0.5) is 0 Å². The van der Waals surface area contributed by atoms with Gasteiger partial charge in [0.15, 0.2) is 0 Å². The molecule has 0 aromatic carbocycles. The fourth-order valence-corrected chi connectivity index (χ4v) is 1.85. The standard InChI is InChI=1S/C12H20N2O2/c1-9(2)6-13-7-11-5-12(16-14-11)10-3-4-15-8-10/h5,9-10,13H,3-4,6-8H2,1-2H3. The zero-order chi connectivity index (χ0) is 11.4. The predicted octanol–water partition coefficient (Wildman–Crippen LogP) is 1.92. The van der Waals surface area contributed by atoms with Crippen LogP contribution in [0.25, 0.3) is 0 Å². The first-order valence-electron chi connectivity index (χ1n) is 5.99. The number of nitrogens with one attached hydrogen (secondary N) is 1. The van der Waals surface area contributed by atoms with Crippen molar-refractivity contribution >= 4 is 0 Å². The Morgan fingerprint density at radius 2 is 2.44 bits per heavy atom. The average molecular weight is 224 g/mol. The summed E-state index contributed by atoms with van der Waals surface area (Å²) >= 11 is 0. The summed E-state index contributed by atoms with van der Waals surface area (Å²) in [5.41, 5.74) is 0.988. The fraction of sp³-hybridized carbons (Fsp3) is 0.750. The van der Waals surface area contributed by atoms with Crippen LogP contribution in [0.5, 0.6) is 0 Å². The van der Waals surface area contributed by atoms with E-state index in [4.69, 9.17) is 9.26 Å². The second-order valence-corrected chi connectivity index (χ2v) is 4.81. The number of rotatable bonds is 5. The third-order valence-corrected chi connectivity index (χ3v) is 2.77. The third kappa shape index (κ3) is 3.06. The Morgan fingerprint density at radius 3 is 3.12 bits per heavy atom. The largest absolute Gasteiger partial charge is 0.381 e. The summed E-state index contributed by atoms with van der Waals surface area (Å²) in [5.74, 6) is 2.04. The highest BCUT2D eigenvalue weighted by atomic mass is 16.5. The summed E-state index contributed by atoms with van der Waals surface area (Å²) in [6.07, 6.45) is 1.05. The SMILES string of the molecule is CC(C)CNCc1cc(C2CCOC2)on1. The first kappa shape index (κ1) is 11.6. The van der Waals surface area contributed by atoms with Gasteiger partial charge in [-0.05, 0) is 18.9 Å². The molecule has 0 amide bonds. The van der Waals surface area contributed by atoms with Gasteiger partial charge in [0.1, 0.15) is 5.76 Å². The Bertz CT molecular complexity index is 317. The maximum absolute atomic E-state index is 5.34. The highest BCUT2D eigenvalue weighted by Gasteiger charge is 2.21. The summed E-state index contributed by atoms with van der Waals surface area (Å²) in [5, 5.41) is 7.42. The molecule has 1 aliphatic rings. The van der Waals surface area contributed by atoms with Crippen LogP contribution in [-0.2, 0) is 11.3 Å². The van der Waals surface area contributed by atoms with E-state index < -0.39 is 0 Å². The molecule has 0 saturated carbocycles. The van der Waals surface area contributed by atoms with Crippen molar-refractivity contribution in [3.05, 3.63) is 17.5 Å². The minimum Gasteiger partial charge on any atom is -0.381 e. The van der Waals surface area contributed by atoms with Crippen LogP contribution in [0.3, 0.4) is 0 Å².